The number of rotatable bonds is 5. The molecule has 0 aromatic heterocycles. The summed E-state index contributed by atoms with van der Waals surface area (Å²) >= 11 is 0. The molecule has 1 aliphatic rings. The van der Waals surface area contributed by atoms with Crippen molar-refractivity contribution in [2.24, 2.45) is 0 Å². The third-order valence-electron chi connectivity index (χ3n) is 3.72. The van der Waals surface area contributed by atoms with Gasteiger partial charge in [0.2, 0.25) is 0 Å². The topological polar surface area (TPSA) is 61.8 Å². The van der Waals surface area contributed by atoms with Crippen LogP contribution in [-0.4, -0.2) is 26.2 Å². The van der Waals surface area contributed by atoms with Gasteiger partial charge in [-0.05, 0) is 35.6 Å². The van der Waals surface area contributed by atoms with Crippen LogP contribution >= 0.6 is 0 Å². The van der Waals surface area contributed by atoms with E-state index in [2.05, 4.69) is 6.92 Å². The highest BCUT2D eigenvalue weighted by Gasteiger charge is 2.29. The van der Waals surface area contributed by atoms with Crippen LogP contribution in [0.4, 0.5) is 0 Å². The number of unbranched alkanes of at least 4 members (excludes halogenated alkanes) is 1. The molecule has 0 saturated heterocycles. The number of carbonyl (C=O) groups is 2. The zero-order valence-corrected chi connectivity index (χ0v) is 12.7. The van der Waals surface area contributed by atoms with Gasteiger partial charge in [0, 0.05) is 0 Å². The van der Waals surface area contributed by atoms with E-state index in [0.29, 0.717) is 24.3 Å². The molecule has 0 saturated carbocycles. The molecule has 1 aliphatic heterocycles. The van der Waals surface area contributed by atoms with Crippen molar-refractivity contribution in [3.63, 3.8) is 0 Å². The fourth-order valence-corrected chi connectivity index (χ4v) is 2.63. The Morgan fingerprint density at radius 3 is 2.43 bits per heavy atom. The summed E-state index contributed by atoms with van der Waals surface area (Å²) in [4.78, 5) is 24.1. The van der Waals surface area contributed by atoms with Crippen molar-refractivity contribution < 1.29 is 23.8 Å². The highest BCUT2D eigenvalue weighted by Crippen LogP contribution is 2.31. The van der Waals surface area contributed by atoms with Crippen molar-refractivity contribution in [3.05, 3.63) is 33.9 Å². The maximum atomic E-state index is 12.1. The molecule has 0 aliphatic carbocycles. The van der Waals surface area contributed by atoms with Crippen LogP contribution in [0.1, 0.15) is 57.2 Å². The maximum absolute atomic E-state index is 12.1. The van der Waals surface area contributed by atoms with Crippen LogP contribution in [0.25, 0.3) is 0 Å². The first-order chi connectivity index (χ1) is 10.1. The van der Waals surface area contributed by atoms with Gasteiger partial charge in [0.1, 0.15) is 0 Å². The standard InChI is InChI=1S/C16H20O5/c1-4-5-6-10-7-11(15(17)19-2)12-8-21-9-13(12)14(10)16(18)20-3/h7H,4-6,8-9H2,1-3H3. The molecule has 1 heterocycles. The van der Waals surface area contributed by atoms with Crippen molar-refractivity contribution in [3.8, 4) is 0 Å². The van der Waals surface area contributed by atoms with Crippen LogP contribution in [0.5, 0.6) is 0 Å². The minimum Gasteiger partial charge on any atom is -0.465 e. The van der Waals surface area contributed by atoms with E-state index < -0.39 is 5.97 Å². The summed E-state index contributed by atoms with van der Waals surface area (Å²) in [6.45, 7) is 2.72. The van der Waals surface area contributed by atoms with Gasteiger partial charge in [-0.3, -0.25) is 0 Å². The molecule has 5 heteroatoms. The van der Waals surface area contributed by atoms with Gasteiger partial charge in [-0.25, -0.2) is 9.59 Å². The van der Waals surface area contributed by atoms with Crippen LogP contribution in [0.15, 0.2) is 6.07 Å². The summed E-state index contributed by atoms with van der Waals surface area (Å²) in [5.41, 5.74) is 3.36. The van der Waals surface area contributed by atoms with Gasteiger partial charge in [0.05, 0.1) is 38.6 Å². The molecular formula is C16H20O5. The smallest absolute Gasteiger partial charge is 0.338 e. The number of aryl methyl sites for hydroxylation is 1. The van der Waals surface area contributed by atoms with Gasteiger partial charge in [-0.15, -0.1) is 0 Å². The molecule has 0 amide bonds. The fraction of sp³-hybridized carbons (Fsp3) is 0.500. The number of hydrogen-bond donors (Lipinski definition) is 0. The number of esters is 2. The average Bonchev–Trinajstić information content (AvgIpc) is 2.99. The van der Waals surface area contributed by atoms with Crippen LogP contribution in [0, 0.1) is 0 Å². The SMILES string of the molecule is CCCCc1cc(C(=O)OC)c2c(c1C(=O)OC)COC2. The lowest BCUT2D eigenvalue weighted by atomic mass is 9.90. The normalized spacial score (nSPS) is 12.9. The van der Waals surface area contributed by atoms with Crippen LogP contribution in [0.2, 0.25) is 0 Å². The third kappa shape index (κ3) is 2.93. The monoisotopic (exact) mass is 292 g/mol. The number of ether oxygens (including phenoxy) is 3. The second-order valence-electron chi connectivity index (χ2n) is 4.99. The minimum atomic E-state index is -0.397. The van der Waals surface area contributed by atoms with E-state index in [0.717, 1.165) is 36.0 Å². The average molecular weight is 292 g/mol. The summed E-state index contributed by atoms with van der Waals surface area (Å²) in [6, 6.07) is 1.75. The van der Waals surface area contributed by atoms with Gasteiger partial charge < -0.3 is 14.2 Å². The Bertz CT molecular complexity index is 562. The Morgan fingerprint density at radius 2 is 1.81 bits per heavy atom. The molecule has 1 aromatic carbocycles. The lowest BCUT2D eigenvalue weighted by Crippen LogP contribution is -2.14. The van der Waals surface area contributed by atoms with Gasteiger partial charge in [-0.2, -0.15) is 0 Å². The zero-order chi connectivity index (χ0) is 15.4. The summed E-state index contributed by atoms with van der Waals surface area (Å²) < 4.78 is 15.2. The molecule has 5 nitrogen and oxygen atoms in total. The number of methoxy groups -OCH3 is 2. The van der Waals surface area contributed by atoms with Crippen molar-refractivity contribution in [2.75, 3.05) is 14.2 Å². The summed E-state index contributed by atoms with van der Waals surface area (Å²) in [7, 11) is 2.72. The Kier molecular flexibility index (Phi) is 4.96. The molecule has 0 N–H and O–H groups in total. The molecule has 0 atom stereocenters. The van der Waals surface area contributed by atoms with E-state index >= 15 is 0 Å². The van der Waals surface area contributed by atoms with Crippen molar-refractivity contribution in [1.29, 1.82) is 0 Å². The van der Waals surface area contributed by atoms with Gasteiger partial charge in [0.25, 0.3) is 0 Å². The quantitative estimate of drug-likeness (QED) is 0.781. The highest BCUT2D eigenvalue weighted by molar-refractivity contribution is 5.98. The Hall–Kier alpha value is -1.88. The molecule has 0 radical (unpaired) electrons. The first-order valence-electron chi connectivity index (χ1n) is 7.06. The first kappa shape index (κ1) is 15.5. The number of hydrogen-bond acceptors (Lipinski definition) is 5. The van der Waals surface area contributed by atoms with Crippen molar-refractivity contribution >= 4 is 11.9 Å². The van der Waals surface area contributed by atoms with Crippen LogP contribution in [0.3, 0.4) is 0 Å². The summed E-state index contributed by atoms with van der Waals surface area (Å²) in [5, 5.41) is 0. The lowest BCUT2D eigenvalue weighted by Gasteiger charge is -2.15. The molecular weight excluding hydrogens is 272 g/mol. The van der Waals surface area contributed by atoms with Crippen molar-refractivity contribution in [1.82, 2.24) is 0 Å². The third-order valence-corrected chi connectivity index (χ3v) is 3.72. The molecule has 1 aromatic rings. The molecule has 0 bridgehead atoms. The minimum absolute atomic E-state index is 0.317. The molecule has 0 fully saturated rings. The largest absolute Gasteiger partial charge is 0.465 e. The molecule has 21 heavy (non-hydrogen) atoms. The maximum Gasteiger partial charge on any atom is 0.338 e. The van der Waals surface area contributed by atoms with Crippen LogP contribution < -0.4 is 0 Å². The Labute approximate surface area is 124 Å². The van der Waals surface area contributed by atoms with Gasteiger partial charge in [0.15, 0.2) is 0 Å². The summed E-state index contributed by atoms with van der Waals surface area (Å²) in [6.07, 6.45) is 2.66. The Morgan fingerprint density at radius 1 is 1.14 bits per heavy atom. The van der Waals surface area contributed by atoms with E-state index in [1.54, 1.807) is 6.07 Å². The van der Waals surface area contributed by atoms with Gasteiger partial charge in [-0.1, -0.05) is 13.3 Å². The molecule has 0 spiro atoms. The van der Waals surface area contributed by atoms with Crippen molar-refractivity contribution in [2.45, 2.75) is 39.4 Å². The number of fused-ring (bicyclic) bond motifs is 1. The fourth-order valence-electron chi connectivity index (χ4n) is 2.63. The van der Waals surface area contributed by atoms with Gasteiger partial charge >= 0.3 is 11.9 Å². The van der Waals surface area contributed by atoms with E-state index in [9.17, 15) is 9.59 Å². The number of benzene rings is 1. The van der Waals surface area contributed by atoms with E-state index in [1.165, 1.54) is 14.2 Å². The van der Waals surface area contributed by atoms with E-state index in [4.69, 9.17) is 14.2 Å². The van der Waals surface area contributed by atoms with Crippen LogP contribution in [-0.2, 0) is 33.8 Å². The second-order valence-corrected chi connectivity index (χ2v) is 4.99. The van der Waals surface area contributed by atoms with E-state index in [1.807, 2.05) is 0 Å². The highest BCUT2D eigenvalue weighted by atomic mass is 16.5. The molecule has 2 rings (SSSR count). The molecule has 114 valence electrons. The number of carbonyl (C=O) groups excluding carboxylic acids is 2. The predicted molar refractivity (Wildman–Crippen MR) is 76.2 cm³/mol. The van der Waals surface area contributed by atoms with E-state index in [-0.39, 0.29) is 5.97 Å². The lowest BCUT2D eigenvalue weighted by molar-refractivity contribution is 0.0584. The summed E-state index contributed by atoms with van der Waals surface area (Å²) in [5.74, 6) is -0.773. The molecule has 0 unspecified atom stereocenters. The predicted octanol–water partition coefficient (Wildman–Crippen LogP) is 2.63. The Balaban J connectivity index is 2.60. The zero-order valence-electron chi connectivity index (χ0n) is 12.7. The first-order valence-corrected chi connectivity index (χ1v) is 7.06. The second kappa shape index (κ2) is 6.72.